The lowest BCUT2D eigenvalue weighted by Gasteiger charge is -2.24. The van der Waals surface area contributed by atoms with Crippen molar-refractivity contribution >= 4 is 33.3 Å². The molecule has 0 spiro atoms. The van der Waals surface area contributed by atoms with Gasteiger partial charge < -0.3 is 9.67 Å². The van der Waals surface area contributed by atoms with Crippen molar-refractivity contribution in [3.8, 4) is 0 Å². The van der Waals surface area contributed by atoms with Crippen molar-refractivity contribution < 1.29 is 26.9 Å². The SMILES string of the molecule is O=S(=O)(O)c1cnc(C(c2ccc(F)c(Cl)c2)c2ccc(F)c(Cl)c2)n1C1CCC(O)C1. The molecule has 11 heteroatoms. The van der Waals surface area contributed by atoms with Crippen LogP contribution in [0.3, 0.4) is 0 Å². The van der Waals surface area contributed by atoms with Crippen LogP contribution in [-0.4, -0.2) is 33.7 Å². The molecular formula is C21H18Cl2F2N2O4S. The number of aliphatic hydroxyl groups excluding tert-OH is 1. The number of aliphatic hydroxyl groups is 1. The number of aromatic nitrogens is 2. The highest BCUT2D eigenvalue weighted by Crippen LogP contribution is 2.40. The van der Waals surface area contributed by atoms with Crippen LogP contribution in [0.1, 0.15) is 48.2 Å². The van der Waals surface area contributed by atoms with Gasteiger partial charge in [0.25, 0.3) is 0 Å². The van der Waals surface area contributed by atoms with Crippen molar-refractivity contribution in [1.82, 2.24) is 9.55 Å². The minimum absolute atomic E-state index is 0.162. The maximum absolute atomic E-state index is 13.8. The van der Waals surface area contributed by atoms with Crippen molar-refractivity contribution in [2.45, 2.75) is 42.4 Å². The van der Waals surface area contributed by atoms with Crippen LogP contribution in [0.5, 0.6) is 0 Å². The van der Waals surface area contributed by atoms with Gasteiger partial charge in [-0.25, -0.2) is 13.8 Å². The molecule has 2 aromatic carbocycles. The highest BCUT2D eigenvalue weighted by Gasteiger charge is 2.34. The molecule has 0 amide bonds. The molecule has 1 aromatic heterocycles. The van der Waals surface area contributed by atoms with Gasteiger partial charge in [-0.05, 0) is 54.7 Å². The second kappa shape index (κ2) is 8.72. The highest BCUT2D eigenvalue weighted by atomic mass is 35.5. The third kappa shape index (κ3) is 4.40. The quantitative estimate of drug-likeness (QED) is 0.480. The Bertz CT molecular complexity index is 1230. The predicted octanol–water partition coefficient (Wildman–Crippen LogP) is 4.98. The maximum Gasteiger partial charge on any atom is 0.311 e. The number of halogens is 4. The Morgan fingerprint density at radius 1 is 1.03 bits per heavy atom. The van der Waals surface area contributed by atoms with E-state index in [2.05, 4.69) is 4.98 Å². The molecule has 1 fully saturated rings. The zero-order valence-corrected chi connectivity index (χ0v) is 18.7. The molecule has 1 heterocycles. The van der Waals surface area contributed by atoms with Crippen LogP contribution in [0.4, 0.5) is 8.78 Å². The molecule has 0 bridgehead atoms. The van der Waals surface area contributed by atoms with E-state index in [1.807, 2.05) is 0 Å². The summed E-state index contributed by atoms with van der Waals surface area (Å²) in [7, 11) is -4.65. The number of hydrogen-bond acceptors (Lipinski definition) is 4. The molecule has 2 atom stereocenters. The Labute approximate surface area is 193 Å². The van der Waals surface area contributed by atoms with Crippen LogP contribution < -0.4 is 0 Å². The minimum atomic E-state index is -4.65. The Kier molecular flexibility index (Phi) is 6.30. The largest absolute Gasteiger partial charge is 0.393 e. The third-order valence-corrected chi connectivity index (χ3v) is 7.02. The van der Waals surface area contributed by atoms with Gasteiger partial charge in [-0.2, -0.15) is 8.42 Å². The van der Waals surface area contributed by atoms with Gasteiger partial charge in [0, 0.05) is 6.04 Å². The summed E-state index contributed by atoms with van der Waals surface area (Å²) in [6, 6.07) is 7.51. The van der Waals surface area contributed by atoms with Gasteiger partial charge in [0.05, 0.1) is 28.3 Å². The van der Waals surface area contributed by atoms with Gasteiger partial charge >= 0.3 is 10.1 Å². The smallest absolute Gasteiger partial charge is 0.311 e. The second-order valence-electron chi connectivity index (χ2n) is 7.70. The third-order valence-electron chi connectivity index (χ3n) is 5.61. The molecular weight excluding hydrogens is 485 g/mol. The summed E-state index contributed by atoms with van der Waals surface area (Å²) in [5.74, 6) is -1.92. The van der Waals surface area contributed by atoms with E-state index in [1.165, 1.54) is 28.8 Å². The molecule has 1 aliphatic rings. The number of hydrogen-bond donors (Lipinski definition) is 2. The zero-order chi connectivity index (χ0) is 23.2. The van der Waals surface area contributed by atoms with E-state index in [0.717, 1.165) is 18.3 Å². The van der Waals surface area contributed by atoms with E-state index >= 15 is 0 Å². The van der Waals surface area contributed by atoms with Crippen molar-refractivity contribution in [2.75, 3.05) is 0 Å². The molecule has 1 aliphatic carbocycles. The van der Waals surface area contributed by atoms with Gasteiger partial charge in [-0.15, -0.1) is 0 Å². The molecule has 32 heavy (non-hydrogen) atoms. The summed E-state index contributed by atoms with van der Waals surface area (Å²) >= 11 is 12.0. The molecule has 0 aliphatic heterocycles. The summed E-state index contributed by atoms with van der Waals surface area (Å²) in [4.78, 5) is 4.28. The predicted molar refractivity (Wildman–Crippen MR) is 115 cm³/mol. The van der Waals surface area contributed by atoms with Crippen LogP contribution in [0.15, 0.2) is 47.6 Å². The van der Waals surface area contributed by atoms with Gasteiger partial charge in [0.15, 0.2) is 5.03 Å². The van der Waals surface area contributed by atoms with Crippen LogP contribution >= 0.6 is 23.2 Å². The number of nitrogens with zero attached hydrogens (tertiary/aromatic N) is 2. The first kappa shape index (κ1) is 23.1. The summed E-state index contributed by atoms with van der Waals surface area (Å²) in [5, 5.41) is 9.27. The monoisotopic (exact) mass is 502 g/mol. The fraction of sp³-hybridized carbons (Fsp3) is 0.286. The van der Waals surface area contributed by atoms with Crippen molar-refractivity contribution in [3.05, 3.63) is 81.2 Å². The fourth-order valence-electron chi connectivity index (χ4n) is 4.17. The summed E-state index contributed by atoms with van der Waals surface area (Å²) in [6.45, 7) is 0. The molecule has 0 saturated heterocycles. The molecule has 3 aromatic rings. The Hall–Kier alpha value is -2.04. The first-order valence-corrected chi connectivity index (χ1v) is 11.9. The van der Waals surface area contributed by atoms with Crippen molar-refractivity contribution in [2.24, 2.45) is 0 Å². The Morgan fingerprint density at radius 3 is 2.03 bits per heavy atom. The van der Waals surface area contributed by atoms with Crippen LogP contribution in [0, 0.1) is 11.6 Å². The van der Waals surface area contributed by atoms with E-state index < -0.39 is 44.8 Å². The van der Waals surface area contributed by atoms with Gasteiger partial charge in [-0.3, -0.25) is 4.55 Å². The van der Waals surface area contributed by atoms with Crippen molar-refractivity contribution in [1.29, 1.82) is 0 Å². The Morgan fingerprint density at radius 2 is 1.59 bits per heavy atom. The van der Waals surface area contributed by atoms with Crippen LogP contribution in [0.25, 0.3) is 0 Å². The summed E-state index contributed by atoms with van der Waals surface area (Å²) in [6.07, 6.45) is 1.55. The highest BCUT2D eigenvalue weighted by molar-refractivity contribution is 7.85. The van der Waals surface area contributed by atoms with Gasteiger partial charge in [-0.1, -0.05) is 35.3 Å². The number of rotatable bonds is 5. The number of benzene rings is 2. The average Bonchev–Trinajstić information content (AvgIpc) is 3.34. The van der Waals surface area contributed by atoms with E-state index in [0.29, 0.717) is 24.0 Å². The maximum atomic E-state index is 13.8. The molecule has 6 nitrogen and oxygen atoms in total. The molecule has 0 radical (unpaired) electrons. The first-order chi connectivity index (χ1) is 15.1. The van der Waals surface area contributed by atoms with E-state index in [4.69, 9.17) is 23.2 Å². The van der Waals surface area contributed by atoms with Crippen LogP contribution in [-0.2, 0) is 10.1 Å². The number of imidazole rings is 1. The van der Waals surface area contributed by atoms with Crippen LogP contribution in [0.2, 0.25) is 10.0 Å². The molecule has 4 rings (SSSR count). The minimum Gasteiger partial charge on any atom is -0.393 e. The second-order valence-corrected chi connectivity index (χ2v) is 9.88. The lowest BCUT2D eigenvalue weighted by Crippen LogP contribution is -2.19. The van der Waals surface area contributed by atoms with Gasteiger partial charge in [0.2, 0.25) is 0 Å². The van der Waals surface area contributed by atoms with E-state index in [9.17, 15) is 26.9 Å². The van der Waals surface area contributed by atoms with Gasteiger partial charge in [0.1, 0.15) is 17.5 Å². The summed E-state index contributed by atoms with van der Waals surface area (Å²) in [5.41, 5.74) is 0.901. The fourth-order valence-corrected chi connectivity index (χ4v) is 5.23. The Balaban J connectivity index is 1.98. The lowest BCUT2D eigenvalue weighted by atomic mass is 9.90. The van der Waals surface area contributed by atoms with E-state index in [1.54, 1.807) is 0 Å². The first-order valence-electron chi connectivity index (χ1n) is 9.69. The van der Waals surface area contributed by atoms with E-state index in [-0.39, 0.29) is 22.3 Å². The standard InChI is InChI=1S/C21H18Cl2F2N2O4S/c22-15-7-11(1-5-17(15)24)20(12-2-6-18(25)16(23)8-12)21-26-10-19(32(29,30)31)27(21)13-3-4-14(28)9-13/h1-2,5-8,10,13-14,20,28H,3-4,9H2,(H,29,30,31). The molecule has 1 saturated carbocycles. The topological polar surface area (TPSA) is 92.4 Å². The lowest BCUT2D eigenvalue weighted by molar-refractivity contribution is 0.177. The molecule has 2 unspecified atom stereocenters. The average molecular weight is 503 g/mol. The normalized spacial score (nSPS) is 19.1. The molecule has 2 N–H and O–H groups in total. The zero-order valence-electron chi connectivity index (χ0n) is 16.4. The van der Waals surface area contributed by atoms with Crippen molar-refractivity contribution in [3.63, 3.8) is 0 Å². The summed E-state index contributed by atoms with van der Waals surface area (Å²) < 4.78 is 63.0. The molecule has 170 valence electrons.